The minimum atomic E-state index is -0.483. The molecule has 1 unspecified atom stereocenters. The molecule has 0 N–H and O–H groups in total. The van der Waals surface area contributed by atoms with Crippen LogP contribution in [0.3, 0.4) is 0 Å². The van der Waals surface area contributed by atoms with E-state index in [1.807, 2.05) is 23.1 Å². The smallest absolute Gasteiger partial charge is 0.410 e. The summed E-state index contributed by atoms with van der Waals surface area (Å²) in [7, 11) is 0. The second-order valence-electron chi connectivity index (χ2n) is 8.59. The zero-order valence-electron chi connectivity index (χ0n) is 18.7. The number of oxazole rings is 1. The Labute approximate surface area is 188 Å². The molecule has 2 aromatic rings. The number of esters is 1. The summed E-state index contributed by atoms with van der Waals surface area (Å²) in [6, 6.07) is 10.3. The van der Waals surface area contributed by atoms with Crippen LogP contribution in [0, 0.1) is 6.92 Å². The van der Waals surface area contributed by atoms with Crippen LogP contribution in [0.2, 0.25) is 0 Å². The maximum atomic E-state index is 13.0. The second kappa shape index (κ2) is 9.18. The summed E-state index contributed by atoms with van der Waals surface area (Å²) < 4.78 is 16.5. The van der Waals surface area contributed by atoms with Gasteiger partial charge >= 0.3 is 12.1 Å². The fraction of sp³-hybridized carbons (Fsp3) is 0.480. The van der Waals surface area contributed by atoms with Crippen molar-refractivity contribution < 1.29 is 23.5 Å². The summed E-state index contributed by atoms with van der Waals surface area (Å²) in [6.07, 6.45) is 4.79. The number of nitrogens with zero attached hydrogens (tertiary/aromatic N) is 2. The molecule has 2 fully saturated rings. The number of carbonyl (C=O) groups is 2. The van der Waals surface area contributed by atoms with Crippen LogP contribution < -0.4 is 0 Å². The minimum absolute atomic E-state index is 0.0628. The first-order chi connectivity index (χ1) is 15.5. The number of ether oxygens (including phenoxy) is 2. The molecule has 2 atom stereocenters. The molecular weight excluding hydrogens is 408 g/mol. The molecule has 2 saturated carbocycles. The van der Waals surface area contributed by atoms with Crippen molar-refractivity contribution in [1.29, 1.82) is 0 Å². The Bertz CT molecular complexity index is 979. The molecule has 7 nitrogen and oxygen atoms in total. The first-order valence-electron chi connectivity index (χ1n) is 11.2. The lowest BCUT2D eigenvalue weighted by atomic mass is 9.68. The van der Waals surface area contributed by atoms with Gasteiger partial charge in [0.2, 0.25) is 5.89 Å². The van der Waals surface area contributed by atoms with E-state index in [2.05, 4.69) is 23.7 Å². The van der Waals surface area contributed by atoms with Crippen LogP contribution in [0.5, 0.6) is 0 Å². The molecule has 4 rings (SSSR count). The lowest BCUT2D eigenvalue weighted by Crippen LogP contribution is -2.49. The van der Waals surface area contributed by atoms with Crippen LogP contribution in [-0.4, -0.2) is 47.7 Å². The van der Waals surface area contributed by atoms with E-state index in [1.54, 1.807) is 19.9 Å². The number of rotatable bonds is 9. The van der Waals surface area contributed by atoms with Crippen molar-refractivity contribution in [1.82, 2.24) is 9.88 Å². The van der Waals surface area contributed by atoms with E-state index in [0.717, 1.165) is 25.7 Å². The highest BCUT2D eigenvalue weighted by Gasteiger charge is 2.52. The Morgan fingerprint density at radius 3 is 2.66 bits per heavy atom. The molecule has 1 amide bonds. The molecule has 0 saturated heterocycles. The molecule has 1 heterocycles. The van der Waals surface area contributed by atoms with Gasteiger partial charge in [-0.15, -0.1) is 0 Å². The number of benzene rings is 1. The highest BCUT2D eigenvalue weighted by atomic mass is 16.6. The van der Waals surface area contributed by atoms with Crippen LogP contribution in [0.15, 0.2) is 47.4 Å². The summed E-state index contributed by atoms with van der Waals surface area (Å²) >= 11 is 0. The van der Waals surface area contributed by atoms with Gasteiger partial charge in [-0.2, -0.15) is 0 Å². The van der Waals surface area contributed by atoms with E-state index in [1.165, 1.54) is 5.56 Å². The monoisotopic (exact) mass is 438 g/mol. The molecule has 0 spiro atoms. The summed E-state index contributed by atoms with van der Waals surface area (Å²) in [5.41, 5.74) is 1.01. The zero-order valence-corrected chi connectivity index (χ0v) is 18.7. The van der Waals surface area contributed by atoms with E-state index in [4.69, 9.17) is 13.9 Å². The molecule has 0 aliphatic heterocycles. The van der Waals surface area contributed by atoms with E-state index in [9.17, 15) is 9.59 Å². The van der Waals surface area contributed by atoms with Gasteiger partial charge in [0.1, 0.15) is 12.4 Å². The van der Waals surface area contributed by atoms with Gasteiger partial charge in [0.05, 0.1) is 12.0 Å². The van der Waals surface area contributed by atoms with Crippen molar-refractivity contribution in [2.24, 2.45) is 0 Å². The second-order valence-corrected chi connectivity index (χ2v) is 8.59. The summed E-state index contributed by atoms with van der Waals surface area (Å²) in [4.78, 5) is 31.6. The number of hydrogen-bond acceptors (Lipinski definition) is 6. The van der Waals surface area contributed by atoms with Crippen LogP contribution >= 0.6 is 0 Å². The Balaban J connectivity index is 1.58. The Hall–Kier alpha value is -3.09. The largest absolute Gasteiger partial charge is 0.461 e. The average molecular weight is 439 g/mol. The molecular formula is C25H30N2O5. The molecule has 0 bridgehead atoms. The summed E-state index contributed by atoms with van der Waals surface area (Å²) in [5.74, 6) is 0.746. The number of hydrogen-bond donors (Lipinski definition) is 0. The Kier molecular flexibility index (Phi) is 6.35. The Morgan fingerprint density at radius 2 is 2.03 bits per heavy atom. The Morgan fingerprint density at radius 1 is 1.28 bits per heavy atom. The fourth-order valence-corrected chi connectivity index (χ4v) is 4.50. The molecule has 2 aliphatic carbocycles. The normalized spacial score (nSPS) is 20.7. The predicted octanol–water partition coefficient (Wildman–Crippen LogP) is 4.76. The zero-order chi connectivity index (χ0) is 22.7. The maximum absolute atomic E-state index is 13.0. The molecule has 32 heavy (non-hydrogen) atoms. The highest BCUT2D eigenvalue weighted by molar-refractivity contribution is 5.88. The first kappa shape index (κ1) is 22.1. The third-order valence-electron chi connectivity index (χ3n) is 6.45. The van der Waals surface area contributed by atoms with Crippen LogP contribution in [0.25, 0.3) is 0 Å². The van der Waals surface area contributed by atoms with E-state index >= 15 is 0 Å². The van der Waals surface area contributed by atoms with Crippen LogP contribution in [0.1, 0.15) is 66.2 Å². The molecule has 1 aromatic heterocycles. The van der Waals surface area contributed by atoms with Gasteiger partial charge in [-0.3, -0.25) is 0 Å². The maximum Gasteiger partial charge on any atom is 0.410 e. The van der Waals surface area contributed by atoms with Crippen molar-refractivity contribution in [2.45, 2.75) is 56.9 Å². The van der Waals surface area contributed by atoms with Gasteiger partial charge in [0.15, 0.2) is 5.69 Å². The first-order valence-corrected chi connectivity index (χ1v) is 11.2. The summed E-state index contributed by atoms with van der Waals surface area (Å²) in [6.45, 7) is 8.00. The summed E-state index contributed by atoms with van der Waals surface area (Å²) in [5, 5.41) is 0. The van der Waals surface area contributed by atoms with Crippen molar-refractivity contribution in [3.63, 3.8) is 0 Å². The molecule has 170 valence electrons. The van der Waals surface area contributed by atoms with Crippen LogP contribution in [0.4, 0.5) is 4.79 Å². The number of amides is 1. The number of aryl methyl sites for hydroxylation is 1. The van der Waals surface area contributed by atoms with Gasteiger partial charge in [-0.1, -0.05) is 49.4 Å². The van der Waals surface area contributed by atoms with Gasteiger partial charge < -0.3 is 18.8 Å². The third kappa shape index (κ3) is 4.29. The molecule has 0 radical (unpaired) electrons. The quantitative estimate of drug-likeness (QED) is 0.415. The minimum Gasteiger partial charge on any atom is -0.461 e. The van der Waals surface area contributed by atoms with Gasteiger partial charge in [0, 0.05) is 18.5 Å². The van der Waals surface area contributed by atoms with E-state index < -0.39 is 11.4 Å². The highest BCUT2D eigenvalue weighted by Crippen LogP contribution is 2.49. The number of carbonyl (C=O) groups excluding carboxylic acids is 2. The van der Waals surface area contributed by atoms with Gasteiger partial charge in [-0.25, -0.2) is 14.6 Å². The molecule has 2 aliphatic rings. The SMILES string of the molecule is C=CCOC(=O)N(CC1(c2nc(C(=O)OCC)c(C)o2)CCC1)[C@H]1CC1c1ccccc1. The lowest BCUT2D eigenvalue weighted by Gasteiger charge is -2.42. The number of aromatic nitrogens is 1. The van der Waals surface area contributed by atoms with Gasteiger partial charge in [0.25, 0.3) is 0 Å². The molecule has 1 aromatic carbocycles. The van der Waals surface area contributed by atoms with E-state index in [0.29, 0.717) is 18.2 Å². The standard InChI is InChI=1S/C25H30N2O5/c1-4-14-31-24(29)27(20-15-19(20)18-10-7-6-8-11-18)16-25(12-9-13-25)23-26-21(17(3)32-23)22(28)30-5-2/h4,6-8,10-11,19-20H,1,5,9,12-16H2,2-3H3/t19?,20-/m0/s1. The fourth-order valence-electron chi connectivity index (χ4n) is 4.50. The van der Waals surface area contributed by atoms with Crippen LogP contribution in [-0.2, 0) is 14.9 Å². The third-order valence-corrected chi connectivity index (χ3v) is 6.45. The molecule has 7 heteroatoms. The van der Waals surface area contributed by atoms with E-state index in [-0.39, 0.29) is 37.0 Å². The topological polar surface area (TPSA) is 81.9 Å². The van der Waals surface area contributed by atoms with Crippen molar-refractivity contribution >= 4 is 12.1 Å². The van der Waals surface area contributed by atoms with Crippen molar-refractivity contribution in [3.05, 3.63) is 65.9 Å². The predicted molar refractivity (Wildman–Crippen MR) is 119 cm³/mol. The van der Waals surface area contributed by atoms with Gasteiger partial charge in [-0.05, 0) is 38.7 Å². The van der Waals surface area contributed by atoms with Crippen molar-refractivity contribution in [2.75, 3.05) is 19.8 Å². The van der Waals surface area contributed by atoms with Crippen molar-refractivity contribution in [3.8, 4) is 0 Å². The lowest BCUT2D eigenvalue weighted by molar-refractivity contribution is 0.0517. The average Bonchev–Trinajstić information content (AvgIpc) is 3.46.